The van der Waals surface area contributed by atoms with Crippen LogP contribution in [0.15, 0.2) is 223 Å². The zero-order valence-corrected chi connectivity index (χ0v) is 35.6. The van der Waals surface area contributed by atoms with Crippen LogP contribution in [0.25, 0.3) is 93.6 Å². The van der Waals surface area contributed by atoms with Crippen molar-refractivity contribution in [2.24, 2.45) is 0 Å². The SMILES string of the molecule is CC1(C)c2ccccc2-c2cc(-n3c4ccccc4c4cc(-c5cccc(-c6ccccc6N(c6ccc7oc8ccccc8c7c6)c6cccc7ccccc67)c5)ccc43)ccc21. The van der Waals surface area contributed by atoms with E-state index in [1.165, 1.54) is 71.6 Å². The van der Waals surface area contributed by atoms with Gasteiger partial charge in [-0.05, 0) is 117 Å². The van der Waals surface area contributed by atoms with Crippen LogP contribution < -0.4 is 4.90 Å². The minimum Gasteiger partial charge on any atom is -0.456 e. The van der Waals surface area contributed by atoms with Crippen molar-refractivity contribution in [2.45, 2.75) is 19.3 Å². The quantitative estimate of drug-likeness (QED) is 0.167. The zero-order chi connectivity index (χ0) is 42.5. The monoisotopic (exact) mass is 818 g/mol. The van der Waals surface area contributed by atoms with Crippen LogP contribution in [0.4, 0.5) is 17.1 Å². The largest absolute Gasteiger partial charge is 0.456 e. The Bertz CT molecular complexity index is 3840. The van der Waals surface area contributed by atoms with Crippen LogP contribution in [0.1, 0.15) is 25.0 Å². The molecule has 13 rings (SSSR count). The highest BCUT2D eigenvalue weighted by Crippen LogP contribution is 2.50. The Morgan fingerprint density at radius 1 is 0.391 bits per heavy atom. The molecule has 0 bridgehead atoms. The number of hydrogen-bond donors (Lipinski definition) is 0. The summed E-state index contributed by atoms with van der Waals surface area (Å²) in [5.41, 5.74) is 18.7. The zero-order valence-electron chi connectivity index (χ0n) is 35.6. The molecule has 2 aromatic heterocycles. The molecule has 0 saturated carbocycles. The second-order valence-corrected chi connectivity index (χ2v) is 17.7. The molecule has 0 aliphatic heterocycles. The fraction of sp³-hybridized carbons (Fsp3) is 0.0492. The van der Waals surface area contributed by atoms with Crippen molar-refractivity contribution in [1.29, 1.82) is 0 Å². The topological polar surface area (TPSA) is 21.3 Å². The molecule has 0 unspecified atom stereocenters. The molecule has 0 N–H and O–H groups in total. The number of benzene rings is 10. The van der Waals surface area contributed by atoms with Crippen LogP contribution in [0.3, 0.4) is 0 Å². The molecule has 0 radical (unpaired) electrons. The summed E-state index contributed by atoms with van der Waals surface area (Å²) in [6, 6.07) is 79.8. The van der Waals surface area contributed by atoms with E-state index in [9.17, 15) is 0 Å². The first-order chi connectivity index (χ1) is 31.5. The maximum Gasteiger partial charge on any atom is 0.135 e. The molecule has 12 aromatic rings. The van der Waals surface area contributed by atoms with Gasteiger partial charge in [0.15, 0.2) is 0 Å². The summed E-state index contributed by atoms with van der Waals surface area (Å²) >= 11 is 0. The van der Waals surface area contributed by atoms with Crippen LogP contribution in [0.5, 0.6) is 0 Å². The lowest BCUT2D eigenvalue weighted by atomic mass is 9.82. The van der Waals surface area contributed by atoms with Crippen molar-refractivity contribution in [3.05, 3.63) is 230 Å². The van der Waals surface area contributed by atoms with Gasteiger partial charge >= 0.3 is 0 Å². The lowest BCUT2D eigenvalue weighted by Crippen LogP contribution is -2.14. The highest BCUT2D eigenvalue weighted by atomic mass is 16.3. The van der Waals surface area contributed by atoms with Crippen LogP contribution in [-0.4, -0.2) is 4.57 Å². The van der Waals surface area contributed by atoms with E-state index in [1.54, 1.807) is 0 Å². The van der Waals surface area contributed by atoms with Crippen molar-refractivity contribution in [3.8, 4) is 39.1 Å². The molecule has 0 saturated heterocycles. The maximum absolute atomic E-state index is 6.31. The molecule has 10 aromatic carbocycles. The Morgan fingerprint density at radius 3 is 1.97 bits per heavy atom. The van der Waals surface area contributed by atoms with Gasteiger partial charge in [0.05, 0.1) is 22.4 Å². The van der Waals surface area contributed by atoms with Crippen molar-refractivity contribution >= 4 is 71.6 Å². The number of para-hydroxylation sites is 3. The first-order valence-corrected chi connectivity index (χ1v) is 22.2. The van der Waals surface area contributed by atoms with Gasteiger partial charge in [0.2, 0.25) is 0 Å². The van der Waals surface area contributed by atoms with Gasteiger partial charge in [0, 0.05) is 49.3 Å². The van der Waals surface area contributed by atoms with Gasteiger partial charge < -0.3 is 13.9 Å². The summed E-state index contributed by atoms with van der Waals surface area (Å²) in [5, 5.41) is 7.08. The molecule has 302 valence electrons. The first-order valence-electron chi connectivity index (χ1n) is 22.2. The third-order valence-corrected chi connectivity index (χ3v) is 13.8. The number of fused-ring (bicyclic) bond motifs is 10. The van der Waals surface area contributed by atoms with Crippen molar-refractivity contribution < 1.29 is 4.42 Å². The van der Waals surface area contributed by atoms with E-state index in [0.29, 0.717) is 0 Å². The molecular weight excluding hydrogens is 777 g/mol. The van der Waals surface area contributed by atoms with Crippen LogP contribution in [-0.2, 0) is 5.41 Å². The van der Waals surface area contributed by atoms with E-state index < -0.39 is 0 Å². The van der Waals surface area contributed by atoms with E-state index in [4.69, 9.17) is 4.42 Å². The number of aromatic nitrogens is 1. The molecular formula is C61H42N2O. The second-order valence-electron chi connectivity index (χ2n) is 17.7. The van der Waals surface area contributed by atoms with Crippen LogP contribution in [0, 0.1) is 0 Å². The molecule has 3 nitrogen and oxygen atoms in total. The van der Waals surface area contributed by atoms with E-state index in [1.807, 2.05) is 12.1 Å². The summed E-state index contributed by atoms with van der Waals surface area (Å²) in [5.74, 6) is 0. The Morgan fingerprint density at radius 2 is 1.05 bits per heavy atom. The van der Waals surface area contributed by atoms with E-state index in [-0.39, 0.29) is 5.41 Å². The first kappa shape index (κ1) is 36.5. The van der Waals surface area contributed by atoms with E-state index in [0.717, 1.165) is 50.1 Å². The predicted octanol–water partition coefficient (Wildman–Crippen LogP) is 16.9. The molecule has 0 fully saturated rings. The summed E-state index contributed by atoms with van der Waals surface area (Å²) in [4.78, 5) is 2.42. The molecule has 3 heteroatoms. The van der Waals surface area contributed by atoms with Crippen molar-refractivity contribution in [2.75, 3.05) is 4.90 Å². The minimum absolute atomic E-state index is 0.0344. The fourth-order valence-electron chi connectivity index (χ4n) is 10.7. The second kappa shape index (κ2) is 13.9. The third-order valence-electron chi connectivity index (χ3n) is 13.8. The number of anilines is 3. The lowest BCUT2D eigenvalue weighted by Gasteiger charge is -2.29. The van der Waals surface area contributed by atoms with Crippen LogP contribution >= 0.6 is 0 Å². The van der Waals surface area contributed by atoms with Gasteiger partial charge in [0.25, 0.3) is 0 Å². The maximum atomic E-state index is 6.31. The van der Waals surface area contributed by atoms with Gasteiger partial charge in [-0.15, -0.1) is 0 Å². The summed E-state index contributed by atoms with van der Waals surface area (Å²) in [7, 11) is 0. The number of hydrogen-bond acceptors (Lipinski definition) is 2. The van der Waals surface area contributed by atoms with E-state index in [2.05, 4.69) is 230 Å². The minimum atomic E-state index is -0.0344. The molecule has 1 aliphatic rings. The van der Waals surface area contributed by atoms with Gasteiger partial charge in [-0.3, -0.25) is 0 Å². The Labute approximate surface area is 371 Å². The van der Waals surface area contributed by atoms with Gasteiger partial charge in [0.1, 0.15) is 11.2 Å². The Kier molecular flexibility index (Phi) is 7.95. The third kappa shape index (κ3) is 5.47. The summed E-state index contributed by atoms with van der Waals surface area (Å²) in [6.07, 6.45) is 0. The molecule has 64 heavy (non-hydrogen) atoms. The highest BCUT2D eigenvalue weighted by Gasteiger charge is 2.35. The summed E-state index contributed by atoms with van der Waals surface area (Å²) < 4.78 is 8.75. The standard InChI is InChI=1S/C61H42N2O/c1-61(2)53-24-9-5-21-47(53)50-37-43(30-32-54(50)61)63-57-26-11-7-22-48(57)51-36-41(29-33-58(51)63)40-17-13-18-42(35-40)46-20-6-10-25-55(46)62(56-27-14-16-39-15-3-4-19-45(39)56)44-31-34-60-52(38-44)49-23-8-12-28-59(49)64-60/h3-38H,1-2H3. The Hall–Kier alpha value is -8.14. The predicted molar refractivity (Wildman–Crippen MR) is 269 cm³/mol. The number of rotatable bonds is 6. The van der Waals surface area contributed by atoms with Gasteiger partial charge in [-0.2, -0.15) is 0 Å². The van der Waals surface area contributed by atoms with E-state index >= 15 is 0 Å². The molecule has 0 amide bonds. The summed E-state index contributed by atoms with van der Waals surface area (Å²) in [6.45, 7) is 4.69. The van der Waals surface area contributed by atoms with Gasteiger partial charge in [-0.1, -0.05) is 159 Å². The molecule has 1 aliphatic carbocycles. The van der Waals surface area contributed by atoms with Crippen molar-refractivity contribution in [3.63, 3.8) is 0 Å². The van der Waals surface area contributed by atoms with Gasteiger partial charge in [-0.25, -0.2) is 0 Å². The number of nitrogens with zero attached hydrogens (tertiary/aromatic N) is 2. The average molecular weight is 819 g/mol. The fourth-order valence-corrected chi connectivity index (χ4v) is 10.7. The normalized spacial score (nSPS) is 13.0. The number of furan rings is 1. The molecule has 0 spiro atoms. The smallest absolute Gasteiger partial charge is 0.135 e. The lowest BCUT2D eigenvalue weighted by molar-refractivity contribution is 0.660. The van der Waals surface area contributed by atoms with Crippen LogP contribution in [0.2, 0.25) is 0 Å². The van der Waals surface area contributed by atoms with Crippen molar-refractivity contribution in [1.82, 2.24) is 4.57 Å². The Balaban J connectivity index is 0.950. The highest BCUT2D eigenvalue weighted by molar-refractivity contribution is 6.11. The molecule has 2 heterocycles. The average Bonchev–Trinajstić information content (AvgIpc) is 3.96. The molecule has 0 atom stereocenters.